The second kappa shape index (κ2) is 4.32. The molecule has 0 aliphatic heterocycles. The zero-order valence-electron chi connectivity index (χ0n) is 9.58. The van der Waals surface area contributed by atoms with Crippen molar-refractivity contribution in [2.75, 3.05) is 0 Å². The lowest BCUT2D eigenvalue weighted by Crippen LogP contribution is -1.90. The molecule has 3 nitrogen and oxygen atoms in total. The number of fused-ring (bicyclic) bond motifs is 1. The average Bonchev–Trinajstić information content (AvgIpc) is 2.84. The summed E-state index contributed by atoms with van der Waals surface area (Å²) in [6, 6.07) is 17.7. The third kappa shape index (κ3) is 1.73. The van der Waals surface area contributed by atoms with E-state index >= 15 is 0 Å². The maximum Gasteiger partial charge on any atom is 0.240 e. The van der Waals surface area contributed by atoms with Crippen molar-refractivity contribution in [3.63, 3.8) is 0 Å². The van der Waals surface area contributed by atoms with Gasteiger partial charge in [0.25, 0.3) is 0 Å². The van der Waals surface area contributed by atoms with Crippen LogP contribution in [-0.2, 0) is 4.79 Å². The third-order valence-electron chi connectivity index (χ3n) is 2.90. The summed E-state index contributed by atoms with van der Waals surface area (Å²) in [6.45, 7) is 0. The molecular formula is C15H10N2O. The van der Waals surface area contributed by atoms with E-state index in [1.54, 1.807) is 12.1 Å². The molecule has 0 radical (unpaired) electrons. The Labute approximate surface area is 104 Å². The maximum absolute atomic E-state index is 10.2. The second-order valence-electron chi connectivity index (χ2n) is 3.96. The van der Waals surface area contributed by atoms with Crippen LogP contribution < -0.4 is 0 Å². The summed E-state index contributed by atoms with van der Waals surface area (Å²) in [5, 5.41) is 1.20. The third-order valence-corrected chi connectivity index (χ3v) is 2.90. The second-order valence-corrected chi connectivity index (χ2v) is 3.96. The van der Waals surface area contributed by atoms with Gasteiger partial charge in [0.05, 0.1) is 11.2 Å². The molecule has 0 aliphatic rings. The highest BCUT2D eigenvalue weighted by atomic mass is 16.1. The van der Waals surface area contributed by atoms with E-state index in [-0.39, 0.29) is 0 Å². The van der Waals surface area contributed by atoms with Gasteiger partial charge < -0.3 is 4.57 Å². The molecule has 0 fully saturated rings. The van der Waals surface area contributed by atoms with E-state index in [4.69, 9.17) is 0 Å². The normalized spacial score (nSPS) is 10.2. The van der Waals surface area contributed by atoms with Crippen molar-refractivity contribution in [1.29, 1.82) is 0 Å². The van der Waals surface area contributed by atoms with Gasteiger partial charge in [-0.15, -0.1) is 0 Å². The highest BCUT2D eigenvalue weighted by Gasteiger charge is 2.01. The van der Waals surface area contributed by atoms with Gasteiger partial charge in [0, 0.05) is 11.9 Å². The number of isocyanates is 1. The molecule has 0 amide bonds. The number of hydrogen-bond acceptors (Lipinski definition) is 2. The van der Waals surface area contributed by atoms with Gasteiger partial charge in [-0.3, -0.25) is 0 Å². The standard InChI is InChI=1S/C15H10N2O/c18-11-16-13-5-7-14(8-6-13)17-10-9-12-3-1-2-4-15(12)17/h1-10H. The van der Waals surface area contributed by atoms with Gasteiger partial charge in [0.1, 0.15) is 0 Å². The monoisotopic (exact) mass is 234 g/mol. The van der Waals surface area contributed by atoms with Gasteiger partial charge in [-0.25, -0.2) is 4.79 Å². The smallest absolute Gasteiger partial charge is 0.240 e. The molecule has 18 heavy (non-hydrogen) atoms. The van der Waals surface area contributed by atoms with Gasteiger partial charge in [-0.2, -0.15) is 4.99 Å². The van der Waals surface area contributed by atoms with Crippen LogP contribution in [0.4, 0.5) is 5.69 Å². The lowest BCUT2D eigenvalue weighted by molar-refractivity contribution is 0.565. The number of para-hydroxylation sites is 1. The minimum absolute atomic E-state index is 0.616. The molecule has 0 unspecified atom stereocenters. The zero-order chi connectivity index (χ0) is 12.4. The molecule has 0 saturated heterocycles. The van der Waals surface area contributed by atoms with Gasteiger partial charge in [-0.05, 0) is 41.8 Å². The number of aliphatic imine (C=N–C) groups is 1. The van der Waals surface area contributed by atoms with Crippen LogP contribution in [0.1, 0.15) is 0 Å². The van der Waals surface area contributed by atoms with Crippen molar-refractivity contribution in [3.05, 3.63) is 60.8 Å². The van der Waals surface area contributed by atoms with E-state index < -0.39 is 0 Å². The summed E-state index contributed by atoms with van der Waals surface area (Å²) >= 11 is 0. The summed E-state index contributed by atoms with van der Waals surface area (Å²) in [5.74, 6) is 0. The lowest BCUT2D eigenvalue weighted by Gasteiger charge is -2.05. The minimum Gasteiger partial charge on any atom is -0.317 e. The largest absolute Gasteiger partial charge is 0.317 e. The Morgan fingerprint density at radius 1 is 0.944 bits per heavy atom. The van der Waals surface area contributed by atoms with Gasteiger partial charge >= 0.3 is 0 Å². The van der Waals surface area contributed by atoms with E-state index in [1.807, 2.05) is 30.5 Å². The van der Waals surface area contributed by atoms with E-state index in [0.29, 0.717) is 5.69 Å². The molecule has 3 rings (SSSR count). The van der Waals surface area contributed by atoms with Crippen LogP contribution in [0.5, 0.6) is 0 Å². The van der Waals surface area contributed by atoms with Gasteiger partial charge in [0.15, 0.2) is 0 Å². The summed E-state index contributed by atoms with van der Waals surface area (Å²) in [6.07, 6.45) is 3.57. The number of nitrogens with zero attached hydrogens (tertiary/aromatic N) is 2. The Kier molecular flexibility index (Phi) is 2.52. The first-order valence-electron chi connectivity index (χ1n) is 5.63. The Morgan fingerprint density at radius 3 is 2.50 bits per heavy atom. The first-order chi connectivity index (χ1) is 8.88. The molecule has 3 aromatic rings. The van der Waals surface area contributed by atoms with Crippen LogP contribution in [-0.4, -0.2) is 10.6 Å². The highest BCUT2D eigenvalue weighted by Crippen LogP contribution is 2.21. The van der Waals surface area contributed by atoms with Crippen LogP contribution in [0.2, 0.25) is 0 Å². The summed E-state index contributed by atoms with van der Waals surface area (Å²) in [5.41, 5.74) is 2.82. The lowest BCUT2D eigenvalue weighted by atomic mass is 10.2. The summed E-state index contributed by atoms with van der Waals surface area (Å²) in [7, 11) is 0. The van der Waals surface area contributed by atoms with Crippen LogP contribution in [0.25, 0.3) is 16.6 Å². The molecule has 0 saturated carbocycles. The Bertz CT molecular complexity index is 735. The molecule has 1 aromatic heterocycles. The van der Waals surface area contributed by atoms with Crippen molar-refractivity contribution in [3.8, 4) is 5.69 Å². The maximum atomic E-state index is 10.2. The quantitative estimate of drug-likeness (QED) is 0.492. The SMILES string of the molecule is O=C=Nc1ccc(-n2ccc3ccccc32)cc1. The zero-order valence-corrected chi connectivity index (χ0v) is 9.58. The minimum atomic E-state index is 0.616. The van der Waals surface area contributed by atoms with Crippen molar-refractivity contribution in [2.24, 2.45) is 4.99 Å². The molecule has 0 spiro atoms. The number of rotatable bonds is 2. The molecule has 0 aliphatic carbocycles. The van der Waals surface area contributed by atoms with Crippen molar-refractivity contribution < 1.29 is 4.79 Å². The number of aromatic nitrogens is 1. The van der Waals surface area contributed by atoms with E-state index in [9.17, 15) is 4.79 Å². The number of hydrogen-bond donors (Lipinski definition) is 0. The molecular weight excluding hydrogens is 224 g/mol. The Balaban J connectivity index is 2.11. The molecule has 86 valence electrons. The molecule has 2 aromatic carbocycles. The van der Waals surface area contributed by atoms with Crippen LogP contribution in [0, 0.1) is 0 Å². The predicted octanol–water partition coefficient (Wildman–Crippen LogP) is 3.60. The van der Waals surface area contributed by atoms with Gasteiger partial charge in [0.2, 0.25) is 6.08 Å². The Morgan fingerprint density at radius 2 is 1.72 bits per heavy atom. The van der Waals surface area contributed by atoms with Crippen LogP contribution in [0.15, 0.2) is 65.8 Å². The van der Waals surface area contributed by atoms with E-state index in [0.717, 1.165) is 11.2 Å². The summed E-state index contributed by atoms with van der Waals surface area (Å²) in [4.78, 5) is 13.7. The Hall–Kier alpha value is -2.64. The molecule has 0 bridgehead atoms. The topological polar surface area (TPSA) is 34.4 Å². The molecule has 0 atom stereocenters. The van der Waals surface area contributed by atoms with Crippen LogP contribution >= 0.6 is 0 Å². The molecule has 1 heterocycles. The fraction of sp³-hybridized carbons (Fsp3) is 0. The first-order valence-corrected chi connectivity index (χ1v) is 5.63. The average molecular weight is 234 g/mol. The molecule has 0 N–H and O–H groups in total. The fourth-order valence-electron chi connectivity index (χ4n) is 2.05. The number of benzene rings is 2. The van der Waals surface area contributed by atoms with Crippen molar-refractivity contribution in [1.82, 2.24) is 4.57 Å². The van der Waals surface area contributed by atoms with Crippen LogP contribution in [0.3, 0.4) is 0 Å². The van der Waals surface area contributed by atoms with E-state index in [2.05, 4.69) is 27.8 Å². The number of carbonyl (C=O) groups excluding carboxylic acids is 1. The van der Waals surface area contributed by atoms with E-state index in [1.165, 1.54) is 11.5 Å². The van der Waals surface area contributed by atoms with Gasteiger partial charge in [-0.1, -0.05) is 18.2 Å². The predicted molar refractivity (Wildman–Crippen MR) is 71.1 cm³/mol. The van der Waals surface area contributed by atoms with Crippen molar-refractivity contribution in [2.45, 2.75) is 0 Å². The first kappa shape index (κ1) is 10.5. The van der Waals surface area contributed by atoms with Crippen molar-refractivity contribution >= 4 is 22.7 Å². The fourth-order valence-corrected chi connectivity index (χ4v) is 2.05. The highest BCUT2D eigenvalue weighted by molar-refractivity contribution is 5.81. The summed E-state index contributed by atoms with van der Waals surface area (Å²) < 4.78 is 2.10. The molecule has 3 heteroatoms.